The largest absolute Gasteiger partial charge is 0.311 e. The van der Waals surface area contributed by atoms with Gasteiger partial charge >= 0.3 is 0 Å². The molecule has 0 aromatic heterocycles. The second kappa shape index (κ2) is 7.09. The van der Waals surface area contributed by atoms with Gasteiger partial charge in [-0.25, -0.2) is 13.2 Å². The molecule has 0 aliphatic carbocycles. The standard InChI is InChI=1S/C15H21F3N2/c1-11-2-5-20(6-3-11)7-4-19-10-12-8-14(17)15(18)9-13(12)16/h8-9,11,19H,2-7,10H2,1H3. The molecule has 1 fully saturated rings. The fraction of sp³-hybridized carbons (Fsp3) is 0.600. The molecular weight excluding hydrogens is 265 g/mol. The van der Waals surface area contributed by atoms with E-state index in [-0.39, 0.29) is 12.1 Å². The topological polar surface area (TPSA) is 15.3 Å². The van der Waals surface area contributed by atoms with Gasteiger partial charge in [-0.1, -0.05) is 6.92 Å². The van der Waals surface area contributed by atoms with E-state index in [1.165, 1.54) is 12.8 Å². The molecule has 1 aromatic rings. The average Bonchev–Trinajstić information content (AvgIpc) is 2.42. The fourth-order valence-electron chi connectivity index (χ4n) is 2.45. The molecule has 1 saturated heterocycles. The van der Waals surface area contributed by atoms with E-state index in [1.807, 2.05) is 0 Å². The molecule has 2 rings (SSSR count). The number of hydrogen-bond donors (Lipinski definition) is 1. The van der Waals surface area contributed by atoms with Crippen LogP contribution in [0.1, 0.15) is 25.3 Å². The summed E-state index contributed by atoms with van der Waals surface area (Å²) in [5.41, 5.74) is 0.163. The van der Waals surface area contributed by atoms with E-state index >= 15 is 0 Å². The summed E-state index contributed by atoms with van der Waals surface area (Å²) in [7, 11) is 0. The van der Waals surface area contributed by atoms with Crippen molar-refractivity contribution in [1.29, 1.82) is 0 Å². The molecule has 5 heteroatoms. The lowest BCUT2D eigenvalue weighted by Crippen LogP contribution is -2.37. The van der Waals surface area contributed by atoms with Crippen LogP contribution in [0.4, 0.5) is 13.2 Å². The van der Waals surface area contributed by atoms with Crippen LogP contribution in [0.25, 0.3) is 0 Å². The fourth-order valence-corrected chi connectivity index (χ4v) is 2.45. The minimum Gasteiger partial charge on any atom is -0.311 e. The van der Waals surface area contributed by atoms with Crippen molar-refractivity contribution in [3.63, 3.8) is 0 Å². The summed E-state index contributed by atoms with van der Waals surface area (Å²) in [4.78, 5) is 2.37. The Morgan fingerprint density at radius 3 is 2.45 bits per heavy atom. The molecule has 1 N–H and O–H groups in total. The summed E-state index contributed by atoms with van der Waals surface area (Å²) in [6.45, 7) is 6.30. The summed E-state index contributed by atoms with van der Waals surface area (Å²) >= 11 is 0. The lowest BCUT2D eigenvalue weighted by Gasteiger charge is -2.30. The molecule has 0 unspecified atom stereocenters. The summed E-state index contributed by atoms with van der Waals surface area (Å²) in [6.07, 6.45) is 2.44. The summed E-state index contributed by atoms with van der Waals surface area (Å²) in [5.74, 6) is -2.06. The smallest absolute Gasteiger partial charge is 0.161 e. The molecule has 0 bridgehead atoms. The molecule has 1 aliphatic rings. The third kappa shape index (κ3) is 4.21. The van der Waals surface area contributed by atoms with Crippen LogP contribution in [0.3, 0.4) is 0 Å². The Morgan fingerprint density at radius 2 is 1.75 bits per heavy atom. The third-order valence-electron chi connectivity index (χ3n) is 3.89. The minimum atomic E-state index is -1.14. The average molecular weight is 286 g/mol. The van der Waals surface area contributed by atoms with Gasteiger partial charge in [-0.15, -0.1) is 0 Å². The van der Waals surface area contributed by atoms with Gasteiger partial charge in [0.1, 0.15) is 5.82 Å². The molecule has 0 spiro atoms. The molecule has 0 radical (unpaired) electrons. The first-order valence-corrected chi connectivity index (χ1v) is 7.12. The molecule has 1 aliphatic heterocycles. The van der Waals surface area contributed by atoms with Crippen LogP contribution < -0.4 is 5.32 Å². The number of hydrogen-bond acceptors (Lipinski definition) is 2. The Balaban J connectivity index is 1.72. The molecule has 2 nitrogen and oxygen atoms in total. The highest BCUT2D eigenvalue weighted by atomic mass is 19.2. The van der Waals surface area contributed by atoms with Crippen molar-refractivity contribution in [2.45, 2.75) is 26.3 Å². The maximum Gasteiger partial charge on any atom is 0.161 e. The van der Waals surface area contributed by atoms with Gasteiger partial charge in [-0.2, -0.15) is 0 Å². The van der Waals surface area contributed by atoms with E-state index in [9.17, 15) is 13.2 Å². The Morgan fingerprint density at radius 1 is 1.10 bits per heavy atom. The molecular formula is C15H21F3N2. The van der Waals surface area contributed by atoms with E-state index in [4.69, 9.17) is 0 Å². The van der Waals surface area contributed by atoms with E-state index in [1.54, 1.807) is 0 Å². The van der Waals surface area contributed by atoms with Crippen molar-refractivity contribution in [2.24, 2.45) is 5.92 Å². The van der Waals surface area contributed by atoms with Crippen molar-refractivity contribution in [3.8, 4) is 0 Å². The van der Waals surface area contributed by atoms with E-state index in [0.717, 1.165) is 31.6 Å². The number of nitrogens with one attached hydrogen (secondary N) is 1. The van der Waals surface area contributed by atoms with Gasteiger partial charge < -0.3 is 10.2 Å². The van der Waals surface area contributed by atoms with E-state index < -0.39 is 17.5 Å². The third-order valence-corrected chi connectivity index (χ3v) is 3.89. The molecule has 1 heterocycles. The van der Waals surface area contributed by atoms with Crippen molar-refractivity contribution in [3.05, 3.63) is 35.1 Å². The molecule has 20 heavy (non-hydrogen) atoms. The first kappa shape index (κ1) is 15.3. The number of halogens is 3. The molecule has 0 saturated carbocycles. The van der Waals surface area contributed by atoms with Gasteiger partial charge in [0.2, 0.25) is 0 Å². The highest BCUT2D eigenvalue weighted by molar-refractivity contribution is 5.19. The van der Waals surface area contributed by atoms with Gasteiger partial charge in [-0.3, -0.25) is 0 Å². The predicted molar refractivity (Wildman–Crippen MR) is 72.9 cm³/mol. The Labute approximate surface area is 118 Å². The van der Waals surface area contributed by atoms with Crippen LogP contribution in [-0.4, -0.2) is 31.1 Å². The SMILES string of the molecule is CC1CCN(CCNCc2cc(F)c(F)cc2F)CC1. The Kier molecular flexibility index (Phi) is 5.43. The Hall–Kier alpha value is -1.07. The predicted octanol–water partition coefficient (Wildman–Crippen LogP) is 2.93. The van der Waals surface area contributed by atoms with Crippen LogP contribution in [0.15, 0.2) is 12.1 Å². The number of nitrogens with zero attached hydrogens (tertiary/aromatic N) is 1. The second-order valence-electron chi connectivity index (χ2n) is 5.56. The zero-order valence-electron chi connectivity index (χ0n) is 11.8. The first-order valence-electron chi connectivity index (χ1n) is 7.12. The molecule has 112 valence electrons. The van der Waals surface area contributed by atoms with Gasteiger partial charge in [0.15, 0.2) is 11.6 Å². The summed E-state index contributed by atoms with van der Waals surface area (Å²) in [6, 6.07) is 1.51. The van der Waals surface area contributed by atoms with Crippen LogP contribution in [0.2, 0.25) is 0 Å². The van der Waals surface area contributed by atoms with Crippen LogP contribution in [0.5, 0.6) is 0 Å². The number of benzene rings is 1. The molecule has 0 amide bonds. The Bertz CT molecular complexity index is 443. The van der Waals surface area contributed by atoms with Gasteiger partial charge in [-0.05, 0) is 37.9 Å². The normalized spacial score (nSPS) is 17.6. The lowest BCUT2D eigenvalue weighted by molar-refractivity contribution is 0.193. The van der Waals surface area contributed by atoms with Crippen LogP contribution in [0, 0.1) is 23.4 Å². The van der Waals surface area contributed by atoms with Crippen molar-refractivity contribution < 1.29 is 13.2 Å². The van der Waals surface area contributed by atoms with Crippen molar-refractivity contribution in [1.82, 2.24) is 10.2 Å². The molecule has 0 atom stereocenters. The number of likely N-dealkylation sites (tertiary alicyclic amines) is 1. The quantitative estimate of drug-likeness (QED) is 0.661. The molecule has 1 aromatic carbocycles. The zero-order chi connectivity index (χ0) is 14.5. The van der Waals surface area contributed by atoms with Gasteiger partial charge in [0, 0.05) is 31.3 Å². The van der Waals surface area contributed by atoms with Crippen molar-refractivity contribution in [2.75, 3.05) is 26.2 Å². The maximum atomic E-state index is 13.4. The minimum absolute atomic E-state index is 0.163. The monoisotopic (exact) mass is 286 g/mol. The van der Waals surface area contributed by atoms with Gasteiger partial charge in [0.05, 0.1) is 0 Å². The van der Waals surface area contributed by atoms with E-state index in [0.29, 0.717) is 12.6 Å². The highest BCUT2D eigenvalue weighted by Crippen LogP contribution is 2.15. The number of rotatable bonds is 5. The van der Waals surface area contributed by atoms with Gasteiger partial charge in [0.25, 0.3) is 0 Å². The second-order valence-corrected chi connectivity index (χ2v) is 5.56. The first-order chi connectivity index (χ1) is 9.56. The lowest BCUT2D eigenvalue weighted by atomic mass is 9.99. The maximum absolute atomic E-state index is 13.4. The number of piperidine rings is 1. The van der Waals surface area contributed by atoms with Crippen molar-refractivity contribution >= 4 is 0 Å². The van der Waals surface area contributed by atoms with Crippen LogP contribution >= 0.6 is 0 Å². The van der Waals surface area contributed by atoms with E-state index in [2.05, 4.69) is 17.1 Å². The zero-order valence-corrected chi connectivity index (χ0v) is 11.8. The summed E-state index contributed by atoms with van der Waals surface area (Å²) in [5, 5.41) is 3.08. The highest BCUT2D eigenvalue weighted by Gasteiger charge is 2.15. The van der Waals surface area contributed by atoms with Crippen LogP contribution in [-0.2, 0) is 6.54 Å². The summed E-state index contributed by atoms with van der Waals surface area (Å²) < 4.78 is 39.2.